The molecule has 98 valence electrons. The maximum absolute atomic E-state index is 11.5. The first-order valence-corrected chi connectivity index (χ1v) is 6.32. The Bertz CT molecular complexity index is 364. The molecule has 0 saturated carbocycles. The zero-order valence-corrected chi connectivity index (χ0v) is 10.4. The van der Waals surface area contributed by atoms with Crippen molar-refractivity contribution in [2.24, 2.45) is 0 Å². The molecule has 1 aliphatic rings. The molecule has 0 spiro atoms. The van der Waals surface area contributed by atoms with Gasteiger partial charge in [-0.05, 0) is 24.5 Å². The molecule has 1 fully saturated rings. The third-order valence-corrected chi connectivity index (χ3v) is 2.89. The van der Waals surface area contributed by atoms with Gasteiger partial charge >= 0.3 is 0 Å². The molecule has 1 saturated heterocycles. The molecule has 2 rings (SSSR count). The minimum Gasteiger partial charge on any atom is -0.376 e. The predicted octanol–water partition coefficient (Wildman–Crippen LogP) is 0.466. The van der Waals surface area contributed by atoms with E-state index in [0.29, 0.717) is 19.6 Å². The number of hydrogen-bond donors (Lipinski definition) is 2. The lowest BCUT2D eigenvalue weighted by Crippen LogP contribution is -2.37. The fraction of sp³-hybridized carbons (Fsp3) is 0.538. The molecule has 2 heterocycles. The first-order chi connectivity index (χ1) is 8.84. The monoisotopic (exact) mass is 249 g/mol. The van der Waals surface area contributed by atoms with Gasteiger partial charge in [-0.15, -0.1) is 0 Å². The van der Waals surface area contributed by atoms with Gasteiger partial charge in [0.15, 0.2) is 0 Å². The highest BCUT2D eigenvalue weighted by molar-refractivity contribution is 5.77. The largest absolute Gasteiger partial charge is 0.376 e. The molecule has 1 aliphatic heterocycles. The van der Waals surface area contributed by atoms with Crippen molar-refractivity contribution in [2.75, 3.05) is 19.7 Å². The van der Waals surface area contributed by atoms with Gasteiger partial charge in [0.2, 0.25) is 5.91 Å². The summed E-state index contributed by atoms with van der Waals surface area (Å²) in [7, 11) is 0. The maximum atomic E-state index is 11.5. The van der Waals surface area contributed by atoms with E-state index in [-0.39, 0.29) is 12.0 Å². The number of hydrogen-bond acceptors (Lipinski definition) is 4. The number of nitrogens with zero attached hydrogens (tertiary/aromatic N) is 1. The molecule has 0 aromatic carbocycles. The molecule has 1 unspecified atom stereocenters. The number of pyridine rings is 1. The highest BCUT2D eigenvalue weighted by Gasteiger charge is 2.15. The van der Waals surface area contributed by atoms with E-state index in [1.807, 2.05) is 12.1 Å². The number of carbonyl (C=O) groups is 1. The zero-order valence-electron chi connectivity index (χ0n) is 10.4. The summed E-state index contributed by atoms with van der Waals surface area (Å²) in [5.41, 5.74) is 1.07. The van der Waals surface area contributed by atoms with Gasteiger partial charge < -0.3 is 15.4 Å². The molecule has 5 heteroatoms. The van der Waals surface area contributed by atoms with Crippen molar-refractivity contribution < 1.29 is 9.53 Å². The Labute approximate surface area is 107 Å². The first kappa shape index (κ1) is 13.0. The summed E-state index contributed by atoms with van der Waals surface area (Å²) in [4.78, 5) is 15.6. The Balaban J connectivity index is 1.57. The third kappa shape index (κ3) is 4.43. The van der Waals surface area contributed by atoms with E-state index < -0.39 is 0 Å². The molecule has 1 amide bonds. The van der Waals surface area contributed by atoms with E-state index in [1.165, 1.54) is 0 Å². The molecular formula is C13H19N3O2. The normalized spacial score (nSPS) is 18.8. The number of amides is 1. The van der Waals surface area contributed by atoms with Crippen molar-refractivity contribution in [1.82, 2.24) is 15.6 Å². The summed E-state index contributed by atoms with van der Waals surface area (Å²) in [5, 5.41) is 5.95. The summed E-state index contributed by atoms with van der Waals surface area (Å²) in [6.07, 6.45) is 5.87. The van der Waals surface area contributed by atoms with Crippen LogP contribution >= 0.6 is 0 Å². The Morgan fingerprint density at radius 3 is 3.22 bits per heavy atom. The predicted molar refractivity (Wildman–Crippen MR) is 67.9 cm³/mol. The van der Waals surface area contributed by atoms with Crippen LogP contribution in [0, 0.1) is 0 Å². The molecule has 1 aromatic rings. The van der Waals surface area contributed by atoms with Crippen LogP contribution in [0.5, 0.6) is 0 Å². The van der Waals surface area contributed by atoms with Gasteiger partial charge in [0.05, 0.1) is 12.6 Å². The van der Waals surface area contributed by atoms with E-state index >= 15 is 0 Å². The van der Waals surface area contributed by atoms with Crippen LogP contribution in [0.4, 0.5) is 0 Å². The Hall–Kier alpha value is -1.46. The second-order valence-electron chi connectivity index (χ2n) is 4.40. The second-order valence-corrected chi connectivity index (χ2v) is 4.40. The van der Waals surface area contributed by atoms with E-state index in [1.54, 1.807) is 12.4 Å². The van der Waals surface area contributed by atoms with Crippen LogP contribution in [-0.4, -0.2) is 36.7 Å². The third-order valence-electron chi connectivity index (χ3n) is 2.89. The van der Waals surface area contributed by atoms with Crippen LogP contribution in [0.1, 0.15) is 18.4 Å². The standard InChI is InChI=1S/C13H19N3O2/c17-13(16-9-12-4-2-6-18-12)10-15-8-11-3-1-5-14-7-11/h1,3,5,7,12,15H,2,4,6,8-10H2,(H,16,17). The highest BCUT2D eigenvalue weighted by atomic mass is 16.5. The molecule has 0 bridgehead atoms. The number of rotatable bonds is 6. The van der Waals surface area contributed by atoms with Crippen LogP contribution in [0.25, 0.3) is 0 Å². The van der Waals surface area contributed by atoms with E-state index in [4.69, 9.17) is 4.74 Å². The average Bonchev–Trinajstić information content (AvgIpc) is 2.91. The summed E-state index contributed by atoms with van der Waals surface area (Å²) in [6.45, 7) is 2.41. The van der Waals surface area contributed by atoms with Gasteiger partial charge in [-0.1, -0.05) is 6.07 Å². The zero-order chi connectivity index (χ0) is 12.6. The van der Waals surface area contributed by atoms with Crippen molar-refractivity contribution in [3.63, 3.8) is 0 Å². The molecule has 0 aliphatic carbocycles. The van der Waals surface area contributed by atoms with Crippen molar-refractivity contribution in [3.8, 4) is 0 Å². The Morgan fingerprint density at radius 1 is 1.56 bits per heavy atom. The molecule has 18 heavy (non-hydrogen) atoms. The lowest BCUT2D eigenvalue weighted by Gasteiger charge is -2.11. The average molecular weight is 249 g/mol. The van der Waals surface area contributed by atoms with Crippen molar-refractivity contribution >= 4 is 5.91 Å². The highest BCUT2D eigenvalue weighted by Crippen LogP contribution is 2.10. The molecular weight excluding hydrogens is 230 g/mol. The minimum atomic E-state index is 0.00869. The van der Waals surface area contributed by atoms with Crippen LogP contribution in [-0.2, 0) is 16.1 Å². The van der Waals surface area contributed by atoms with Gasteiger partial charge in [-0.2, -0.15) is 0 Å². The van der Waals surface area contributed by atoms with E-state index in [2.05, 4.69) is 15.6 Å². The SMILES string of the molecule is O=C(CNCc1cccnc1)NCC1CCCO1. The smallest absolute Gasteiger partial charge is 0.234 e. The van der Waals surface area contributed by atoms with Gasteiger partial charge in [0.25, 0.3) is 0 Å². The van der Waals surface area contributed by atoms with Crippen molar-refractivity contribution in [1.29, 1.82) is 0 Å². The first-order valence-electron chi connectivity index (χ1n) is 6.32. The molecule has 5 nitrogen and oxygen atoms in total. The fourth-order valence-electron chi connectivity index (χ4n) is 1.92. The van der Waals surface area contributed by atoms with Crippen LogP contribution in [0.2, 0.25) is 0 Å². The topological polar surface area (TPSA) is 63.2 Å². The maximum Gasteiger partial charge on any atom is 0.234 e. The van der Waals surface area contributed by atoms with Crippen LogP contribution in [0.3, 0.4) is 0 Å². The Kier molecular flexibility index (Phi) is 5.11. The van der Waals surface area contributed by atoms with E-state index in [9.17, 15) is 4.79 Å². The number of nitrogens with one attached hydrogen (secondary N) is 2. The number of aromatic nitrogens is 1. The van der Waals surface area contributed by atoms with Crippen LogP contribution < -0.4 is 10.6 Å². The van der Waals surface area contributed by atoms with E-state index in [0.717, 1.165) is 25.0 Å². The van der Waals surface area contributed by atoms with Gasteiger partial charge in [-0.3, -0.25) is 9.78 Å². The minimum absolute atomic E-state index is 0.00869. The van der Waals surface area contributed by atoms with Gasteiger partial charge in [-0.25, -0.2) is 0 Å². The van der Waals surface area contributed by atoms with Crippen molar-refractivity contribution in [2.45, 2.75) is 25.5 Å². The quantitative estimate of drug-likeness (QED) is 0.769. The lowest BCUT2D eigenvalue weighted by atomic mass is 10.2. The molecule has 1 aromatic heterocycles. The molecule has 2 N–H and O–H groups in total. The second kappa shape index (κ2) is 7.08. The van der Waals surface area contributed by atoms with Gasteiger partial charge in [0, 0.05) is 32.1 Å². The lowest BCUT2D eigenvalue weighted by molar-refractivity contribution is -0.120. The number of carbonyl (C=O) groups excluding carboxylic acids is 1. The summed E-state index contributed by atoms with van der Waals surface area (Å²) >= 11 is 0. The fourth-order valence-corrected chi connectivity index (χ4v) is 1.92. The molecule has 1 atom stereocenters. The van der Waals surface area contributed by atoms with Crippen molar-refractivity contribution in [3.05, 3.63) is 30.1 Å². The van der Waals surface area contributed by atoms with Gasteiger partial charge in [0.1, 0.15) is 0 Å². The summed E-state index contributed by atoms with van der Waals surface area (Å²) < 4.78 is 5.43. The molecule has 0 radical (unpaired) electrons. The number of ether oxygens (including phenoxy) is 1. The Morgan fingerprint density at radius 2 is 2.50 bits per heavy atom. The summed E-state index contributed by atoms with van der Waals surface area (Å²) in [5.74, 6) is 0.00869. The summed E-state index contributed by atoms with van der Waals surface area (Å²) in [6, 6.07) is 3.86. The van der Waals surface area contributed by atoms with Crippen LogP contribution in [0.15, 0.2) is 24.5 Å².